The van der Waals surface area contributed by atoms with E-state index in [-0.39, 0.29) is 11.9 Å². The molecule has 0 unspecified atom stereocenters. The van der Waals surface area contributed by atoms with Gasteiger partial charge in [-0.2, -0.15) is 0 Å². The van der Waals surface area contributed by atoms with Crippen molar-refractivity contribution in [3.63, 3.8) is 0 Å². The number of ether oxygens (including phenoxy) is 3. The van der Waals surface area contributed by atoms with Crippen molar-refractivity contribution in [2.75, 3.05) is 38.7 Å². The van der Waals surface area contributed by atoms with E-state index in [2.05, 4.69) is 15.0 Å². The molecule has 152 valence electrons. The van der Waals surface area contributed by atoms with E-state index in [1.165, 1.54) is 7.11 Å². The Hall–Kier alpha value is -2.97. The van der Waals surface area contributed by atoms with Crippen molar-refractivity contribution in [1.82, 2.24) is 9.88 Å². The monoisotopic (exact) mass is 397 g/mol. The number of pyridine rings is 1. The zero-order valence-electron chi connectivity index (χ0n) is 16.2. The summed E-state index contributed by atoms with van der Waals surface area (Å²) in [4.78, 5) is 30.4. The fourth-order valence-electron chi connectivity index (χ4n) is 3.57. The average Bonchev–Trinajstić information content (AvgIpc) is 3.22. The first-order chi connectivity index (χ1) is 14.1. The Balaban J connectivity index is 1.35. The summed E-state index contributed by atoms with van der Waals surface area (Å²) < 4.78 is 16.1. The molecule has 2 fully saturated rings. The lowest BCUT2D eigenvalue weighted by Crippen LogP contribution is -2.47. The maximum Gasteiger partial charge on any atom is 0.337 e. The third kappa shape index (κ3) is 4.23. The van der Waals surface area contributed by atoms with Crippen LogP contribution >= 0.6 is 0 Å². The molecule has 4 rings (SSSR count). The van der Waals surface area contributed by atoms with Crippen molar-refractivity contribution < 1.29 is 23.8 Å². The molecule has 0 aliphatic carbocycles. The van der Waals surface area contributed by atoms with Gasteiger partial charge in [-0.15, -0.1) is 0 Å². The summed E-state index contributed by atoms with van der Waals surface area (Å²) in [6.45, 7) is 2.45. The number of carbonyl (C=O) groups is 2. The van der Waals surface area contributed by atoms with E-state index in [0.29, 0.717) is 56.1 Å². The summed E-state index contributed by atoms with van der Waals surface area (Å²) in [5.41, 5.74) is 1.80. The molecule has 0 radical (unpaired) electrons. The number of piperidine rings is 1. The first-order valence-electron chi connectivity index (χ1n) is 9.57. The minimum absolute atomic E-state index is 0.0423. The third-order valence-electron chi connectivity index (χ3n) is 5.21. The van der Waals surface area contributed by atoms with E-state index in [1.807, 2.05) is 4.90 Å². The van der Waals surface area contributed by atoms with Crippen LogP contribution in [-0.2, 0) is 14.2 Å². The number of likely N-dealkylation sites (tertiary alicyclic amines) is 1. The minimum atomic E-state index is -0.494. The molecule has 1 aromatic carbocycles. The molecule has 8 heteroatoms. The molecule has 1 aromatic heterocycles. The summed E-state index contributed by atoms with van der Waals surface area (Å²) in [5.74, 6) is -0.309. The van der Waals surface area contributed by atoms with Crippen molar-refractivity contribution in [1.29, 1.82) is 0 Å². The summed E-state index contributed by atoms with van der Waals surface area (Å²) in [6.07, 6.45) is 2.95. The molecule has 2 aliphatic rings. The van der Waals surface area contributed by atoms with Gasteiger partial charge in [0.25, 0.3) is 5.91 Å². The highest BCUT2D eigenvalue weighted by Gasteiger charge is 2.40. The van der Waals surface area contributed by atoms with Crippen molar-refractivity contribution in [2.45, 2.75) is 18.6 Å². The Kier molecular flexibility index (Phi) is 5.46. The second kappa shape index (κ2) is 8.18. The van der Waals surface area contributed by atoms with Crippen LogP contribution in [0.4, 0.5) is 11.5 Å². The van der Waals surface area contributed by atoms with Gasteiger partial charge in [-0.05, 0) is 36.4 Å². The number of nitrogens with one attached hydrogen (secondary N) is 1. The SMILES string of the molecule is COC(=O)c1ccc(Nc2ccc(C(=O)N3CCC4(CC3)OCCO4)cn2)cc1. The Morgan fingerprint density at radius 2 is 1.69 bits per heavy atom. The molecular formula is C21H23N3O5. The number of esters is 1. The van der Waals surface area contributed by atoms with Crippen molar-refractivity contribution in [3.05, 3.63) is 53.7 Å². The van der Waals surface area contributed by atoms with Crippen LogP contribution in [0, 0.1) is 0 Å². The number of benzene rings is 1. The van der Waals surface area contributed by atoms with Crippen LogP contribution < -0.4 is 5.32 Å². The second-order valence-corrected chi connectivity index (χ2v) is 7.03. The van der Waals surface area contributed by atoms with Crippen molar-refractivity contribution >= 4 is 23.4 Å². The molecule has 2 saturated heterocycles. The predicted molar refractivity (Wildman–Crippen MR) is 105 cm³/mol. The van der Waals surface area contributed by atoms with Gasteiger partial charge in [-0.25, -0.2) is 9.78 Å². The molecule has 1 N–H and O–H groups in total. The van der Waals surface area contributed by atoms with Crippen LogP contribution in [0.15, 0.2) is 42.6 Å². The Morgan fingerprint density at radius 1 is 1.03 bits per heavy atom. The number of rotatable bonds is 4. The lowest BCUT2D eigenvalue weighted by Gasteiger charge is -2.37. The highest BCUT2D eigenvalue weighted by atomic mass is 16.7. The summed E-state index contributed by atoms with van der Waals surface area (Å²) in [5, 5.41) is 3.15. The van der Waals surface area contributed by atoms with Gasteiger partial charge >= 0.3 is 5.97 Å². The highest BCUT2D eigenvalue weighted by molar-refractivity contribution is 5.94. The maximum atomic E-state index is 12.7. The van der Waals surface area contributed by atoms with Gasteiger partial charge in [0.2, 0.25) is 0 Å². The second-order valence-electron chi connectivity index (χ2n) is 7.03. The smallest absolute Gasteiger partial charge is 0.337 e. The normalized spacial score (nSPS) is 17.9. The van der Waals surface area contributed by atoms with Crippen molar-refractivity contribution in [2.24, 2.45) is 0 Å². The summed E-state index contributed by atoms with van der Waals surface area (Å²) >= 11 is 0. The van der Waals surface area contributed by atoms with Gasteiger partial charge in [-0.3, -0.25) is 4.79 Å². The molecule has 2 aromatic rings. The van der Waals surface area contributed by atoms with Gasteiger partial charge in [0.05, 0.1) is 31.5 Å². The third-order valence-corrected chi connectivity index (χ3v) is 5.21. The van der Waals surface area contributed by atoms with Crippen LogP contribution in [-0.4, -0.2) is 61.0 Å². The zero-order valence-corrected chi connectivity index (χ0v) is 16.2. The van der Waals surface area contributed by atoms with Crippen LogP contribution in [0.25, 0.3) is 0 Å². The van der Waals surface area contributed by atoms with Gasteiger partial charge in [0, 0.05) is 37.8 Å². The number of hydrogen-bond acceptors (Lipinski definition) is 7. The van der Waals surface area contributed by atoms with E-state index in [0.717, 1.165) is 5.69 Å². The molecule has 29 heavy (non-hydrogen) atoms. The van der Waals surface area contributed by atoms with Gasteiger partial charge in [-0.1, -0.05) is 0 Å². The van der Waals surface area contributed by atoms with Crippen LogP contribution in [0.1, 0.15) is 33.6 Å². The molecule has 0 atom stereocenters. The van der Waals surface area contributed by atoms with E-state index in [1.54, 1.807) is 42.6 Å². The standard InChI is InChI=1S/C21H23N3O5/c1-27-20(26)15-2-5-17(6-3-15)23-18-7-4-16(14-22-18)19(25)24-10-8-21(9-11-24)28-12-13-29-21/h2-7,14H,8-13H2,1H3,(H,22,23). The fraction of sp³-hybridized carbons (Fsp3) is 0.381. The van der Waals surface area contributed by atoms with Crippen LogP contribution in [0.2, 0.25) is 0 Å². The first kappa shape index (κ1) is 19.4. The first-order valence-corrected chi connectivity index (χ1v) is 9.57. The van der Waals surface area contributed by atoms with Gasteiger partial charge in [0.15, 0.2) is 5.79 Å². The molecule has 0 saturated carbocycles. The van der Waals surface area contributed by atoms with E-state index in [4.69, 9.17) is 9.47 Å². The zero-order chi connectivity index (χ0) is 20.3. The number of amides is 1. The topological polar surface area (TPSA) is 90.0 Å². The highest BCUT2D eigenvalue weighted by Crippen LogP contribution is 2.31. The number of methoxy groups -OCH3 is 1. The van der Waals surface area contributed by atoms with E-state index < -0.39 is 5.79 Å². The molecule has 1 spiro atoms. The number of anilines is 2. The summed E-state index contributed by atoms with van der Waals surface area (Å²) in [6, 6.07) is 10.4. The number of nitrogens with zero attached hydrogens (tertiary/aromatic N) is 2. The van der Waals surface area contributed by atoms with E-state index >= 15 is 0 Å². The van der Waals surface area contributed by atoms with Crippen molar-refractivity contribution in [3.8, 4) is 0 Å². The average molecular weight is 397 g/mol. The number of hydrogen-bond donors (Lipinski definition) is 1. The predicted octanol–water partition coefficient (Wildman–Crippen LogP) is 2.59. The van der Waals surface area contributed by atoms with Gasteiger partial charge < -0.3 is 24.4 Å². The summed E-state index contributed by atoms with van der Waals surface area (Å²) in [7, 11) is 1.35. The molecule has 8 nitrogen and oxygen atoms in total. The fourth-order valence-corrected chi connectivity index (χ4v) is 3.57. The molecule has 3 heterocycles. The molecule has 2 aliphatic heterocycles. The molecular weight excluding hydrogens is 374 g/mol. The lowest BCUT2D eigenvalue weighted by molar-refractivity contribution is -0.181. The molecule has 1 amide bonds. The Bertz CT molecular complexity index is 866. The Morgan fingerprint density at radius 3 is 2.28 bits per heavy atom. The largest absolute Gasteiger partial charge is 0.465 e. The maximum absolute atomic E-state index is 12.7. The Labute approximate surface area is 168 Å². The quantitative estimate of drug-likeness (QED) is 0.793. The van der Waals surface area contributed by atoms with Crippen LogP contribution in [0.3, 0.4) is 0 Å². The number of carbonyl (C=O) groups excluding carboxylic acids is 2. The minimum Gasteiger partial charge on any atom is -0.465 e. The van der Waals surface area contributed by atoms with Crippen LogP contribution in [0.5, 0.6) is 0 Å². The van der Waals surface area contributed by atoms with E-state index in [9.17, 15) is 9.59 Å². The number of aromatic nitrogens is 1. The molecule has 0 bridgehead atoms. The lowest BCUT2D eigenvalue weighted by atomic mass is 10.0. The van der Waals surface area contributed by atoms with Gasteiger partial charge in [0.1, 0.15) is 5.82 Å².